The van der Waals surface area contributed by atoms with Crippen LogP contribution in [0.1, 0.15) is 46.8 Å². The topological polar surface area (TPSA) is 62.7 Å². The summed E-state index contributed by atoms with van der Waals surface area (Å²) in [4.78, 5) is 35.8. The first-order valence-electron chi connectivity index (χ1n) is 11.8. The molecule has 34 heavy (non-hydrogen) atoms. The van der Waals surface area contributed by atoms with Crippen LogP contribution in [0.5, 0.6) is 5.75 Å². The quantitative estimate of drug-likeness (QED) is 0.492. The van der Waals surface area contributed by atoms with Gasteiger partial charge in [-0.2, -0.15) is 0 Å². The molecule has 0 spiro atoms. The minimum absolute atomic E-state index is 0.376. The van der Waals surface area contributed by atoms with E-state index in [1.54, 1.807) is 18.3 Å². The highest BCUT2D eigenvalue weighted by molar-refractivity contribution is 6.45. The minimum atomic E-state index is -0.515. The van der Waals surface area contributed by atoms with E-state index in [2.05, 4.69) is 33.5 Å². The summed E-state index contributed by atoms with van der Waals surface area (Å²) in [5.74, 6) is -0.722. The number of ether oxygens (including phenoxy) is 1. The molecule has 3 aliphatic rings. The standard InChI is InChI=1S/C28H29N3O3/c1-3-31-14-11-19(12-15-31)21-6-4-7-23(22-8-5-13-29-26(21)22)28(33)27(32)20-9-10-24-25(18-20)34-17-16-30(24)2/h3,5-6,8-11,13,18,23H,1,4,7,12,14-17H2,2H3. The van der Waals surface area contributed by atoms with Crippen LogP contribution in [0.2, 0.25) is 0 Å². The summed E-state index contributed by atoms with van der Waals surface area (Å²) >= 11 is 0. The number of anilines is 1. The molecule has 0 saturated carbocycles. The van der Waals surface area contributed by atoms with Crippen LogP contribution in [0.25, 0.3) is 5.57 Å². The van der Waals surface area contributed by atoms with Crippen LogP contribution in [0.3, 0.4) is 0 Å². The molecule has 0 N–H and O–H groups in total. The molecule has 0 fully saturated rings. The molecule has 0 saturated heterocycles. The smallest absolute Gasteiger partial charge is 0.229 e. The van der Waals surface area contributed by atoms with Crippen molar-refractivity contribution in [2.24, 2.45) is 0 Å². The Balaban J connectivity index is 1.44. The van der Waals surface area contributed by atoms with Crippen LogP contribution in [0.15, 0.2) is 67.0 Å². The highest BCUT2D eigenvalue weighted by Gasteiger charge is 2.33. The number of aromatic nitrogens is 1. The van der Waals surface area contributed by atoms with Gasteiger partial charge in [0, 0.05) is 31.9 Å². The Morgan fingerprint density at radius 1 is 1.21 bits per heavy atom. The number of likely N-dealkylation sites (N-methyl/N-ethyl adjacent to an activating group) is 1. The van der Waals surface area contributed by atoms with Crippen LogP contribution < -0.4 is 9.64 Å². The molecular weight excluding hydrogens is 426 g/mol. The van der Waals surface area contributed by atoms with Crippen molar-refractivity contribution in [3.8, 4) is 5.75 Å². The van der Waals surface area contributed by atoms with Crippen molar-refractivity contribution in [3.05, 3.63) is 83.9 Å². The van der Waals surface area contributed by atoms with Crippen molar-refractivity contribution < 1.29 is 14.3 Å². The largest absolute Gasteiger partial charge is 0.490 e. The lowest BCUT2D eigenvalue weighted by atomic mass is 9.85. The average Bonchev–Trinajstić information content (AvgIpc) is 3.08. The number of hydrogen-bond acceptors (Lipinski definition) is 6. The number of carbonyl (C=O) groups excluding carboxylic acids is 2. The van der Waals surface area contributed by atoms with Gasteiger partial charge in [0.15, 0.2) is 0 Å². The highest BCUT2D eigenvalue weighted by atomic mass is 16.5. The first-order valence-corrected chi connectivity index (χ1v) is 11.8. The first kappa shape index (κ1) is 22.1. The zero-order chi connectivity index (χ0) is 23.7. The molecule has 1 atom stereocenters. The molecule has 174 valence electrons. The summed E-state index contributed by atoms with van der Waals surface area (Å²) in [6, 6.07) is 9.09. The Morgan fingerprint density at radius 2 is 2.09 bits per heavy atom. The third-order valence-corrected chi connectivity index (χ3v) is 6.98. The van der Waals surface area contributed by atoms with Gasteiger partial charge in [0.2, 0.25) is 11.6 Å². The van der Waals surface area contributed by atoms with Crippen molar-refractivity contribution in [2.45, 2.75) is 25.2 Å². The molecule has 5 rings (SSSR count). The van der Waals surface area contributed by atoms with E-state index in [0.717, 1.165) is 55.0 Å². The van der Waals surface area contributed by atoms with Crippen molar-refractivity contribution in [1.82, 2.24) is 9.88 Å². The molecule has 6 nitrogen and oxygen atoms in total. The molecule has 0 radical (unpaired) electrons. The molecule has 6 heteroatoms. The third kappa shape index (κ3) is 4.04. The second-order valence-corrected chi connectivity index (χ2v) is 8.99. The molecule has 1 aliphatic carbocycles. The van der Waals surface area contributed by atoms with Gasteiger partial charge in [-0.3, -0.25) is 14.6 Å². The minimum Gasteiger partial charge on any atom is -0.490 e. The van der Waals surface area contributed by atoms with Gasteiger partial charge in [-0.15, -0.1) is 0 Å². The lowest BCUT2D eigenvalue weighted by molar-refractivity contribution is -0.116. The van der Waals surface area contributed by atoms with Gasteiger partial charge in [0.05, 0.1) is 23.8 Å². The van der Waals surface area contributed by atoms with Crippen molar-refractivity contribution >= 4 is 22.8 Å². The van der Waals surface area contributed by atoms with Crippen LogP contribution >= 0.6 is 0 Å². The summed E-state index contributed by atoms with van der Waals surface area (Å²) in [7, 11) is 1.99. The number of nitrogens with zero attached hydrogens (tertiary/aromatic N) is 3. The second-order valence-electron chi connectivity index (χ2n) is 8.99. The van der Waals surface area contributed by atoms with Crippen molar-refractivity contribution in [1.29, 1.82) is 0 Å². The van der Waals surface area contributed by atoms with E-state index in [-0.39, 0.29) is 5.78 Å². The lowest BCUT2D eigenvalue weighted by Gasteiger charge is -2.28. The number of allylic oxidation sites excluding steroid dienone is 2. The van der Waals surface area contributed by atoms with Crippen LogP contribution in [-0.4, -0.2) is 54.7 Å². The maximum absolute atomic E-state index is 13.5. The number of Topliss-reactive ketones (excluding diaryl/α,β-unsaturated/α-hetero) is 2. The number of rotatable bonds is 5. The summed E-state index contributed by atoms with van der Waals surface area (Å²) in [6.45, 7) is 6.94. The van der Waals surface area contributed by atoms with Gasteiger partial charge in [0.25, 0.3) is 0 Å². The van der Waals surface area contributed by atoms with E-state index >= 15 is 0 Å². The second kappa shape index (κ2) is 9.29. The number of benzene rings is 1. The van der Waals surface area contributed by atoms with E-state index in [4.69, 9.17) is 4.74 Å². The maximum Gasteiger partial charge on any atom is 0.229 e. The summed E-state index contributed by atoms with van der Waals surface area (Å²) in [5.41, 5.74) is 5.30. The molecule has 1 aromatic heterocycles. The third-order valence-electron chi connectivity index (χ3n) is 6.98. The zero-order valence-corrected chi connectivity index (χ0v) is 19.5. The van der Waals surface area contributed by atoms with Crippen molar-refractivity contribution in [2.75, 3.05) is 38.2 Å². The van der Waals surface area contributed by atoms with Gasteiger partial charge in [-0.25, -0.2) is 0 Å². The van der Waals surface area contributed by atoms with E-state index in [9.17, 15) is 9.59 Å². The zero-order valence-electron chi connectivity index (χ0n) is 19.5. The van der Waals surface area contributed by atoms with Crippen molar-refractivity contribution in [3.63, 3.8) is 0 Å². The summed E-state index contributed by atoms with van der Waals surface area (Å²) in [5, 5.41) is 0. The number of carbonyl (C=O) groups is 2. The van der Waals surface area contributed by atoms with Gasteiger partial charge >= 0.3 is 0 Å². The average molecular weight is 456 g/mol. The fourth-order valence-electron chi connectivity index (χ4n) is 5.02. The Morgan fingerprint density at radius 3 is 2.88 bits per heavy atom. The summed E-state index contributed by atoms with van der Waals surface area (Å²) in [6.07, 6.45) is 10.2. The number of pyridine rings is 1. The Hall–Kier alpha value is -3.67. The Kier molecular flexibility index (Phi) is 6.05. The van der Waals surface area contributed by atoms with Crippen LogP contribution in [-0.2, 0) is 4.79 Å². The lowest BCUT2D eigenvalue weighted by Crippen LogP contribution is -2.29. The maximum atomic E-state index is 13.5. The molecule has 3 heterocycles. The van der Waals surface area contributed by atoms with Gasteiger partial charge in [0.1, 0.15) is 12.4 Å². The predicted octanol–water partition coefficient (Wildman–Crippen LogP) is 4.40. The van der Waals surface area contributed by atoms with Gasteiger partial charge in [-0.1, -0.05) is 24.8 Å². The van der Waals surface area contributed by atoms with Crippen LogP contribution in [0, 0.1) is 0 Å². The van der Waals surface area contributed by atoms with E-state index in [1.807, 2.05) is 31.4 Å². The molecular formula is C28H29N3O3. The first-order chi connectivity index (χ1) is 16.6. The number of hydrogen-bond donors (Lipinski definition) is 0. The molecule has 0 bridgehead atoms. The Bertz CT molecular complexity index is 1210. The van der Waals surface area contributed by atoms with E-state index < -0.39 is 11.7 Å². The number of fused-ring (bicyclic) bond motifs is 2. The fourth-order valence-corrected chi connectivity index (χ4v) is 5.02. The molecule has 1 aromatic carbocycles. The summed E-state index contributed by atoms with van der Waals surface area (Å²) < 4.78 is 5.74. The molecule has 2 aliphatic heterocycles. The predicted molar refractivity (Wildman–Crippen MR) is 133 cm³/mol. The van der Waals surface area contributed by atoms with E-state index in [0.29, 0.717) is 24.3 Å². The van der Waals surface area contributed by atoms with Gasteiger partial charge < -0.3 is 14.5 Å². The fraction of sp³-hybridized carbons (Fsp3) is 0.321. The molecule has 1 unspecified atom stereocenters. The van der Waals surface area contributed by atoms with Gasteiger partial charge in [-0.05, 0) is 66.4 Å². The molecule has 0 amide bonds. The SMILES string of the molecule is C=CN1CC=C(C2=CCCC(C(=O)C(=O)c3ccc4c(c3)OCCN4C)c3cccnc32)CC1. The normalized spacial score (nSPS) is 19.6. The van der Waals surface area contributed by atoms with Crippen LogP contribution in [0.4, 0.5) is 5.69 Å². The Labute approximate surface area is 200 Å². The molecule has 2 aromatic rings. The van der Waals surface area contributed by atoms with E-state index in [1.165, 1.54) is 5.57 Å². The monoisotopic (exact) mass is 455 g/mol. The number of ketones is 2. The highest BCUT2D eigenvalue weighted by Crippen LogP contribution is 2.38.